The van der Waals surface area contributed by atoms with Gasteiger partial charge in [0.1, 0.15) is 0 Å². The average molecular weight is 416 g/mol. The Bertz CT molecular complexity index is 1180. The average Bonchev–Trinajstić information content (AvgIpc) is 3.46. The summed E-state index contributed by atoms with van der Waals surface area (Å²) in [6.07, 6.45) is 7.45. The third kappa shape index (κ3) is 3.71. The highest BCUT2D eigenvalue weighted by Crippen LogP contribution is 2.30. The molecule has 1 aliphatic rings. The Kier molecular flexibility index (Phi) is 4.80. The topological polar surface area (TPSA) is 77.0 Å². The van der Waals surface area contributed by atoms with Gasteiger partial charge in [0.15, 0.2) is 5.13 Å². The minimum atomic E-state index is -0.373. The standard InChI is InChI=1S/C23H21N5OS/c24-22(29)18-4-5-19-15-27(11-8-17(19)13-18)23-25-14-21(30-23)12-16-2-6-20(7-3-16)28-10-1-9-26-28/h1-7,9-10,13-14H,8,11-12,15H2,(H2,24,29). The molecule has 5 rings (SSSR count). The quantitative estimate of drug-likeness (QED) is 0.540. The van der Waals surface area contributed by atoms with Crippen LogP contribution >= 0.6 is 11.3 Å². The summed E-state index contributed by atoms with van der Waals surface area (Å²) in [6, 6.07) is 16.1. The highest BCUT2D eigenvalue weighted by Gasteiger charge is 2.20. The molecular weight excluding hydrogens is 394 g/mol. The van der Waals surface area contributed by atoms with Gasteiger partial charge < -0.3 is 10.6 Å². The van der Waals surface area contributed by atoms with Crippen LogP contribution in [0.1, 0.15) is 31.9 Å². The summed E-state index contributed by atoms with van der Waals surface area (Å²) in [6.45, 7) is 1.70. The molecule has 150 valence electrons. The molecule has 2 aromatic heterocycles. The number of amides is 1. The number of carbonyl (C=O) groups excluding carboxylic acids is 1. The molecule has 0 saturated heterocycles. The molecule has 0 unspecified atom stereocenters. The lowest BCUT2D eigenvalue weighted by Crippen LogP contribution is -2.30. The third-order valence-corrected chi connectivity index (χ3v) is 6.46. The number of aromatic nitrogens is 3. The molecule has 0 aliphatic carbocycles. The first kappa shape index (κ1) is 18.6. The van der Waals surface area contributed by atoms with E-state index in [1.54, 1.807) is 17.5 Å². The number of anilines is 1. The van der Waals surface area contributed by atoms with Crippen LogP contribution in [0.25, 0.3) is 5.69 Å². The maximum atomic E-state index is 11.4. The predicted molar refractivity (Wildman–Crippen MR) is 118 cm³/mol. The molecule has 30 heavy (non-hydrogen) atoms. The fourth-order valence-corrected chi connectivity index (χ4v) is 4.75. The van der Waals surface area contributed by atoms with Crippen molar-refractivity contribution in [2.75, 3.05) is 11.4 Å². The summed E-state index contributed by atoms with van der Waals surface area (Å²) in [5.74, 6) is -0.373. The number of nitrogens with two attached hydrogens (primary N) is 1. The Balaban J connectivity index is 1.27. The fraction of sp³-hybridized carbons (Fsp3) is 0.174. The second-order valence-electron chi connectivity index (χ2n) is 7.42. The minimum absolute atomic E-state index is 0.373. The van der Waals surface area contributed by atoms with Crippen molar-refractivity contribution in [3.8, 4) is 5.69 Å². The van der Waals surface area contributed by atoms with Gasteiger partial charge in [-0.3, -0.25) is 4.79 Å². The zero-order valence-corrected chi connectivity index (χ0v) is 17.2. The van der Waals surface area contributed by atoms with E-state index in [1.165, 1.54) is 21.6 Å². The first-order chi connectivity index (χ1) is 14.7. The summed E-state index contributed by atoms with van der Waals surface area (Å²) in [4.78, 5) is 19.6. The van der Waals surface area contributed by atoms with Gasteiger partial charge in [0.2, 0.25) is 5.91 Å². The van der Waals surface area contributed by atoms with Gasteiger partial charge in [-0.2, -0.15) is 5.10 Å². The fourth-order valence-electron chi connectivity index (χ4n) is 3.78. The van der Waals surface area contributed by atoms with Gasteiger partial charge in [-0.1, -0.05) is 18.2 Å². The molecular formula is C23H21N5OS. The summed E-state index contributed by atoms with van der Waals surface area (Å²) in [5, 5.41) is 5.31. The third-order valence-electron chi connectivity index (χ3n) is 5.40. The largest absolute Gasteiger partial charge is 0.366 e. The molecule has 1 aliphatic heterocycles. The van der Waals surface area contributed by atoms with Gasteiger partial charge in [-0.25, -0.2) is 9.67 Å². The normalized spacial score (nSPS) is 13.3. The van der Waals surface area contributed by atoms with Crippen LogP contribution in [0.3, 0.4) is 0 Å². The molecule has 0 radical (unpaired) electrons. The Morgan fingerprint density at radius 1 is 1.13 bits per heavy atom. The van der Waals surface area contributed by atoms with Gasteiger partial charge in [0.05, 0.1) is 5.69 Å². The second kappa shape index (κ2) is 7.76. The van der Waals surface area contributed by atoms with Crippen molar-refractivity contribution in [1.82, 2.24) is 14.8 Å². The molecule has 6 nitrogen and oxygen atoms in total. The molecule has 0 fully saturated rings. The predicted octanol–water partition coefficient (Wildman–Crippen LogP) is 3.58. The van der Waals surface area contributed by atoms with Crippen LogP contribution in [-0.2, 0) is 19.4 Å². The van der Waals surface area contributed by atoms with Gasteiger partial charge in [0, 0.05) is 48.5 Å². The Morgan fingerprint density at radius 3 is 2.77 bits per heavy atom. The lowest BCUT2D eigenvalue weighted by atomic mass is 9.97. The number of carbonyl (C=O) groups is 1. The lowest BCUT2D eigenvalue weighted by molar-refractivity contribution is 0.1000. The van der Waals surface area contributed by atoms with E-state index in [2.05, 4.69) is 39.2 Å². The number of thiazole rings is 1. The number of benzene rings is 2. The molecule has 1 amide bonds. The zero-order valence-electron chi connectivity index (χ0n) is 16.4. The number of rotatable bonds is 5. The van der Waals surface area contributed by atoms with Crippen molar-refractivity contribution in [1.29, 1.82) is 0 Å². The van der Waals surface area contributed by atoms with Crippen molar-refractivity contribution < 1.29 is 4.79 Å². The van der Waals surface area contributed by atoms with Crippen molar-refractivity contribution in [2.45, 2.75) is 19.4 Å². The van der Waals surface area contributed by atoms with Gasteiger partial charge in [-0.15, -0.1) is 11.3 Å². The van der Waals surface area contributed by atoms with E-state index in [0.717, 1.165) is 36.8 Å². The maximum absolute atomic E-state index is 11.4. The maximum Gasteiger partial charge on any atom is 0.248 e. The Morgan fingerprint density at radius 2 is 2.00 bits per heavy atom. The highest BCUT2D eigenvalue weighted by atomic mass is 32.1. The van der Waals surface area contributed by atoms with E-state index >= 15 is 0 Å². The molecule has 2 aromatic carbocycles. The van der Waals surface area contributed by atoms with Crippen molar-refractivity contribution in [2.24, 2.45) is 5.73 Å². The molecule has 2 N–H and O–H groups in total. The van der Waals surface area contributed by atoms with Crippen LogP contribution < -0.4 is 10.6 Å². The van der Waals surface area contributed by atoms with E-state index in [9.17, 15) is 4.79 Å². The van der Waals surface area contributed by atoms with Crippen LogP contribution in [0.15, 0.2) is 67.1 Å². The van der Waals surface area contributed by atoms with E-state index in [-0.39, 0.29) is 5.91 Å². The van der Waals surface area contributed by atoms with Crippen LogP contribution in [0.5, 0.6) is 0 Å². The first-order valence-corrected chi connectivity index (χ1v) is 10.7. The van der Waals surface area contributed by atoms with Gasteiger partial charge >= 0.3 is 0 Å². The minimum Gasteiger partial charge on any atom is -0.366 e. The molecule has 0 bridgehead atoms. The van der Waals surface area contributed by atoms with E-state index in [4.69, 9.17) is 5.73 Å². The Hall–Kier alpha value is -3.45. The molecule has 0 saturated carbocycles. The smallest absolute Gasteiger partial charge is 0.248 e. The van der Waals surface area contributed by atoms with Crippen molar-refractivity contribution in [3.05, 3.63) is 94.3 Å². The number of hydrogen-bond donors (Lipinski definition) is 1. The van der Waals surface area contributed by atoms with Crippen LogP contribution in [0.2, 0.25) is 0 Å². The monoisotopic (exact) mass is 415 g/mol. The SMILES string of the molecule is NC(=O)c1ccc2c(c1)CCN(c1ncc(Cc3ccc(-n4cccn4)cc3)s1)C2. The molecule has 0 spiro atoms. The van der Waals surface area contributed by atoms with Crippen molar-refractivity contribution in [3.63, 3.8) is 0 Å². The first-order valence-electron chi connectivity index (χ1n) is 9.86. The molecule has 4 aromatic rings. The number of fused-ring (bicyclic) bond motifs is 1. The molecule has 7 heteroatoms. The van der Waals surface area contributed by atoms with E-state index in [1.807, 2.05) is 41.3 Å². The summed E-state index contributed by atoms with van der Waals surface area (Å²) in [5.41, 5.74) is 10.7. The lowest BCUT2D eigenvalue weighted by Gasteiger charge is -2.28. The van der Waals surface area contributed by atoms with Gasteiger partial charge in [0.25, 0.3) is 0 Å². The van der Waals surface area contributed by atoms with Gasteiger partial charge in [-0.05, 0) is 53.4 Å². The van der Waals surface area contributed by atoms with E-state index in [0.29, 0.717) is 5.56 Å². The van der Waals surface area contributed by atoms with Crippen LogP contribution in [-0.4, -0.2) is 27.2 Å². The highest BCUT2D eigenvalue weighted by molar-refractivity contribution is 7.15. The number of hydrogen-bond acceptors (Lipinski definition) is 5. The summed E-state index contributed by atoms with van der Waals surface area (Å²) < 4.78 is 1.86. The molecule has 3 heterocycles. The zero-order chi connectivity index (χ0) is 20.5. The van der Waals surface area contributed by atoms with E-state index < -0.39 is 0 Å². The second-order valence-corrected chi connectivity index (χ2v) is 8.52. The van der Waals surface area contributed by atoms with Crippen LogP contribution in [0.4, 0.5) is 5.13 Å². The number of primary amides is 1. The Labute approximate surface area is 178 Å². The van der Waals surface area contributed by atoms with Crippen LogP contribution in [0, 0.1) is 0 Å². The molecule has 0 atom stereocenters. The number of nitrogens with zero attached hydrogens (tertiary/aromatic N) is 4. The summed E-state index contributed by atoms with van der Waals surface area (Å²) in [7, 11) is 0. The summed E-state index contributed by atoms with van der Waals surface area (Å²) >= 11 is 1.74. The van der Waals surface area contributed by atoms with Crippen molar-refractivity contribution >= 4 is 22.4 Å².